The summed E-state index contributed by atoms with van der Waals surface area (Å²) in [6.07, 6.45) is 2.17. The molecule has 1 unspecified atom stereocenters. The first-order valence-electron chi connectivity index (χ1n) is 8.66. The van der Waals surface area contributed by atoms with Crippen LogP contribution in [0.15, 0.2) is 29.2 Å². The molecule has 0 radical (unpaired) electrons. The van der Waals surface area contributed by atoms with E-state index in [1.807, 2.05) is 14.1 Å². The first kappa shape index (κ1) is 20.8. The van der Waals surface area contributed by atoms with E-state index in [0.717, 1.165) is 17.5 Å². The number of methoxy groups -OCH3 is 1. The maximum atomic E-state index is 14.1. The molecule has 9 heteroatoms. The van der Waals surface area contributed by atoms with E-state index in [0.29, 0.717) is 42.5 Å². The Kier molecular flexibility index (Phi) is 5.84. The van der Waals surface area contributed by atoms with Crippen molar-refractivity contribution in [1.29, 1.82) is 0 Å². The van der Waals surface area contributed by atoms with Crippen LogP contribution >= 0.6 is 11.6 Å². The third-order valence-corrected chi connectivity index (χ3v) is 6.68. The summed E-state index contributed by atoms with van der Waals surface area (Å²) < 4.78 is 61.1. The molecular formula is C19H21ClF2N2O3S. The molecule has 2 aromatic carbocycles. The Bertz CT molecular complexity index is 1010. The number of anilines is 1. The van der Waals surface area contributed by atoms with E-state index in [-0.39, 0.29) is 0 Å². The van der Waals surface area contributed by atoms with Crippen molar-refractivity contribution in [2.24, 2.45) is 0 Å². The second-order valence-electron chi connectivity index (χ2n) is 6.93. The van der Waals surface area contributed by atoms with Crippen molar-refractivity contribution in [3.63, 3.8) is 0 Å². The molecule has 1 aliphatic rings. The number of likely N-dealkylation sites (N-methyl/N-ethyl adjacent to an activating group) is 1. The van der Waals surface area contributed by atoms with Gasteiger partial charge in [0.2, 0.25) is 0 Å². The van der Waals surface area contributed by atoms with Gasteiger partial charge in [-0.3, -0.25) is 4.72 Å². The highest BCUT2D eigenvalue weighted by Gasteiger charge is 2.28. The van der Waals surface area contributed by atoms with E-state index in [4.69, 9.17) is 16.3 Å². The molecule has 152 valence electrons. The van der Waals surface area contributed by atoms with Crippen LogP contribution in [0.25, 0.3) is 0 Å². The Hall–Kier alpha value is -1.90. The average molecular weight is 431 g/mol. The molecule has 2 aromatic rings. The lowest BCUT2D eigenvalue weighted by Gasteiger charge is -2.32. The van der Waals surface area contributed by atoms with Gasteiger partial charge in [0.1, 0.15) is 22.3 Å². The molecule has 28 heavy (non-hydrogen) atoms. The lowest BCUT2D eigenvalue weighted by molar-refractivity contribution is 0.265. The number of benzene rings is 2. The summed E-state index contributed by atoms with van der Waals surface area (Å²) in [6, 6.07) is 4.79. The first-order valence-corrected chi connectivity index (χ1v) is 10.5. The molecular weight excluding hydrogens is 410 g/mol. The summed E-state index contributed by atoms with van der Waals surface area (Å²) >= 11 is 5.52. The Morgan fingerprint density at radius 2 is 1.89 bits per heavy atom. The van der Waals surface area contributed by atoms with Crippen LogP contribution in [0.2, 0.25) is 5.02 Å². The topological polar surface area (TPSA) is 58.6 Å². The predicted molar refractivity (Wildman–Crippen MR) is 105 cm³/mol. The molecule has 5 nitrogen and oxygen atoms in total. The van der Waals surface area contributed by atoms with Crippen molar-refractivity contribution in [2.45, 2.75) is 30.2 Å². The maximum absolute atomic E-state index is 14.1. The zero-order valence-corrected chi connectivity index (χ0v) is 17.3. The van der Waals surface area contributed by atoms with Crippen LogP contribution in [-0.4, -0.2) is 40.6 Å². The van der Waals surface area contributed by atoms with Crippen LogP contribution in [0.3, 0.4) is 0 Å². The van der Waals surface area contributed by atoms with Crippen LogP contribution in [-0.2, 0) is 22.9 Å². The summed E-state index contributed by atoms with van der Waals surface area (Å²) in [4.78, 5) is 1.33. The van der Waals surface area contributed by atoms with Crippen molar-refractivity contribution >= 4 is 27.3 Å². The van der Waals surface area contributed by atoms with Gasteiger partial charge in [-0.15, -0.1) is 0 Å². The standard InChI is InChI=1S/C19H21ClF2N2O3S/c1-24(2)11-4-5-12-13(8-11)18(27-3)7-6-17(12)23-28(25,26)19-10-15(21)14(20)9-16(19)22/h6-7,9-11,23H,4-5,8H2,1-3H3. The Labute approximate surface area is 168 Å². The Morgan fingerprint density at radius 1 is 1.18 bits per heavy atom. The summed E-state index contributed by atoms with van der Waals surface area (Å²) in [5.74, 6) is -1.45. The molecule has 0 spiro atoms. The molecule has 0 saturated carbocycles. The average Bonchev–Trinajstić information content (AvgIpc) is 2.64. The molecule has 1 aliphatic carbocycles. The Balaban J connectivity index is 2.02. The van der Waals surface area contributed by atoms with Gasteiger partial charge in [0, 0.05) is 11.6 Å². The highest BCUT2D eigenvalue weighted by molar-refractivity contribution is 7.92. The van der Waals surface area contributed by atoms with Crippen molar-refractivity contribution in [2.75, 3.05) is 25.9 Å². The minimum absolute atomic E-state index is 0.302. The number of ether oxygens (including phenoxy) is 1. The smallest absolute Gasteiger partial charge is 0.264 e. The first-order chi connectivity index (χ1) is 13.1. The zero-order valence-electron chi connectivity index (χ0n) is 15.7. The van der Waals surface area contributed by atoms with Crippen molar-refractivity contribution < 1.29 is 21.9 Å². The third-order valence-electron chi connectivity index (χ3n) is 5.01. The second kappa shape index (κ2) is 7.85. The molecule has 0 bridgehead atoms. The minimum atomic E-state index is -4.34. The quantitative estimate of drug-likeness (QED) is 0.732. The molecule has 1 atom stereocenters. The monoisotopic (exact) mass is 430 g/mol. The number of nitrogens with zero attached hydrogens (tertiary/aromatic N) is 1. The number of halogens is 3. The number of hydrogen-bond acceptors (Lipinski definition) is 4. The largest absolute Gasteiger partial charge is 0.496 e. The zero-order chi connectivity index (χ0) is 20.6. The van der Waals surface area contributed by atoms with Crippen molar-refractivity contribution in [3.05, 3.63) is 52.0 Å². The van der Waals surface area contributed by atoms with Gasteiger partial charge >= 0.3 is 0 Å². The highest BCUT2D eigenvalue weighted by Crippen LogP contribution is 2.37. The molecule has 3 rings (SSSR count). The van der Waals surface area contributed by atoms with Gasteiger partial charge in [-0.05, 0) is 63.2 Å². The van der Waals surface area contributed by atoms with Crippen molar-refractivity contribution in [1.82, 2.24) is 4.90 Å². The normalized spacial score (nSPS) is 16.8. The molecule has 0 amide bonds. The highest BCUT2D eigenvalue weighted by atomic mass is 35.5. The van der Waals surface area contributed by atoms with E-state index in [1.165, 1.54) is 0 Å². The summed E-state index contributed by atoms with van der Waals surface area (Å²) in [5, 5.41) is -0.479. The number of hydrogen-bond donors (Lipinski definition) is 1. The molecule has 0 fully saturated rings. The van der Waals surface area contributed by atoms with E-state index in [9.17, 15) is 17.2 Å². The lowest BCUT2D eigenvalue weighted by Crippen LogP contribution is -2.34. The lowest BCUT2D eigenvalue weighted by atomic mass is 9.86. The van der Waals surface area contributed by atoms with Crippen molar-refractivity contribution in [3.8, 4) is 5.75 Å². The number of nitrogens with one attached hydrogen (secondary N) is 1. The third kappa shape index (κ3) is 3.94. The van der Waals surface area contributed by atoms with Gasteiger partial charge in [0.05, 0.1) is 17.8 Å². The fraction of sp³-hybridized carbons (Fsp3) is 0.368. The summed E-state index contributed by atoms with van der Waals surface area (Å²) in [7, 11) is 1.20. The van der Waals surface area contributed by atoms with Gasteiger partial charge in [-0.2, -0.15) is 0 Å². The number of sulfonamides is 1. The predicted octanol–water partition coefficient (Wildman–Crippen LogP) is 3.85. The fourth-order valence-electron chi connectivity index (χ4n) is 3.47. The van der Waals surface area contributed by atoms with Gasteiger partial charge in [0.15, 0.2) is 0 Å². The SMILES string of the molecule is COc1ccc(NS(=O)(=O)c2cc(F)c(Cl)cc2F)c2c1CC(N(C)C)CC2. The molecule has 1 N–H and O–H groups in total. The molecule has 0 aromatic heterocycles. The van der Waals surface area contributed by atoms with E-state index < -0.39 is 31.6 Å². The summed E-state index contributed by atoms with van der Waals surface area (Å²) in [6.45, 7) is 0. The van der Waals surface area contributed by atoms with Crippen LogP contribution in [0.1, 0.15) is 17.5 Å². The van der Waals surface area contributed by atoms with Gasteiger partial charge in [-0.1, -0.05) is 11.6 Å². The van der Waals surface area contributed by atoms with Gasteiger partial charge in [-0.25, -0.2) is 17.2 Å². The Morgan fingerprint density at radius 3 is 2.54 bits per heavy atom. The van der Waals surface area contributed by atoms with Crippen LogP contribution < -0.4 is 9.46 Å². The second-order valence-corrected chi connectivity index (χ2v) is 8.99. The van der Waals surface area contributed by atoms with Crippen LogP contribution in [0.4, 0.5) is 14.5 Å². The van der Waals surface area contributed by atoms with Crippen LogP contribution in [0.5, 0.6) is 5.75 Å². The maximum Gasteiger partial charge on any atom is 0.264 e. The molecule has 0 heterocycles. The van der Waals surface area contributed by atoms with Gasteiger partial charge in [0.25, 0.3) is 10.0 Å². The number of rotatable bonds is 5. The minimum Gasteiger partial charge on any atom is -0.496 e. The summed E-state index contributed by atoms with van der Waals surface area (Å²) in [5.41, 5.74) is 2.05. The van der Waals surface area contributed by atoms with E-state index in [2.05, 4.69) is 9.62 Å². The number of fused-ring (bicyclic) bond motifs is 1. The van der Waals surface area contributed by atoms with Crippen LogP contribution in [0, 0.1) is 11.6 Å². The van der Waals surface area contributed by atoms with Gasteiger partial charge < -0.3 is 9.64 Å². The van der Waals surface area contributed by atoms with E-state index >= 15 is 0 Å². The molecule has 0 saturated heterocycles. The fourth-order valence-corrected chi connectivity index (χ4v) is 4.78. The molecule has 0 aliphatic heterocycles. The van der Waals surface area contributed by atoms with E-state index in [1.54, 1.807) is 19.2 Å².